The number of non-ortho nitro benzene ring substituents is 3. The van der Waals surface area contributed by atoms with Gasteiger partial charge < -0.3 is 54.8 Å². The summed E-state index contributed by atoms with van der Waals surface area (Å²) < 4.78 is 22.4. The summed E-state index contributed by atoms with van der Waals surface area (Å²) in [4.78, 5) is 174. The number of carbonyl (C=O) groups excluding carboxylic acids is 11. The first kappa shape index (κ1) is 99.4. The molecule has 5 aromatic rings. The Kier molecular flexibility index (Phi) is 50.8. The third-order valence-corrected chi connectivity index (χ3v) is 14.8. The average molecular weight is 1620 g/mol. The molecule has 0 unspecified atom stereocenters. The summed E-state index contributed by atoms with van der Waals surface area (Å²) in [5.41, 5.74) is 10.2. The molecule has 5 fully saturated rings. The third kappa shape index (κ3) is 44.5. The van der Waals surface area contributed by atoms with Gasteiger partial charge in [0, 0.05) is 148 Å². The maximum atomic E-state index is 11.8. The van der Waals surface area contributed by atoms with E-state index in [1.165, 1.54) is 57.5 Å². The number of nitrogens with zero attached hydrogens (tertiary/aromatic N) is 6. The van der Waals surface area contributed by atoms with Crippen LogP contribution in [0.1, 0.15) is 111 Å². The van der Waals surface area contributed by atoms with Crippen molar-refractivity contribution in [2.75, 3.05) is 52.6 Å². The molecule has 0 radical (unpaired) electrons. The molecule has 5 aromatic carbocycles. The topological polar surface area (TPSA) is 486 Å². The molecule has 0 aliphatic carbocycles. The van der Waals surface area contributed by atoms with E-state index in [9.17, 15) is 92.7 Å². The van der Waals surface area contributed by atoms with Gasteiger partial charge in [0.05, 0.1) is 14.8 Å². The second-order valence-corrected chi connectivity index (χ2v) is 25.7. The number of hydrogen-bond acceptors (Lipinski definition) is 23. The number of carboxylic acids is 2. The number of nitrogens with one attached hydrogen (secondary N) is 1. The quantitative estimate of drug-likeness (QED) is 0.00935. The monoisotopic (exact) mass is 1610 g/mol. The fourth-order valence-electron chi connectivity index (χ4n) is 8.43. The summed E-state index contributed by atoms with van der Waals surface area (Å²) in [5, 5.41) is 50.1. The largest absolute Gasteiger partial charge is 1.00 e. The number of amides is 7. The van der Waals surface area contributed by atoms with E-state index in [2.05, 4.69) is 55.7 Å². The molecule has 6 N–H and O–H groups in total. The molecule has 109 heavy (non-hydrogen) atoms. The Balaban J connectivity index is 0.00000126. The van der Waals surface area contributed by atoms with Crippen molar-refractivity contribution in [1.29, 1.82) is 0 Å². The number of rotatable bonds is 25. The number of halogens is 4. The molecular formula is C70H81Cl4LiN8O25S. The van der Waals surface area contributed by atoms with Crippen LogP contribution in [0.5, 0.6) is 0 Å². The number of aliphatic carboxylic acids is 2. The van der Waals surface area contributed by atoms with E-state index >= 15 is 0 Å². The van der Waals surface area contributed by atoms with E-state index in [1.807, 2.05) is 36.4 Å². The number of β-lactam (4-membered cyclic amide) rings is 4. The van der Waals surface area contributed by atoms with Crippen molar-refractivity contribution in [2.24, 2.45) is 0 Å². The number of hydrogen-bond donors (Lipinski definition) is 4. The van der Waals surface area contributed by atoms with Gasteiger partial charge in [0.1, 0.15) is 32.1 Å². The van der Waals surface area contributed by atoms with Crippen LogP contribution in [-0.2, 0) is 124 Å². The Morgan fingerprint density at radius 2 is 0.835 bits per heavy atom. The number of carboxylic acid groups (broad SMARTS) is 2. The molecule has 0 spiro atoms. The van der Waals surface area contributed by atoms with Gasteiger partial charge in [0.2, 0.25) is 55.8 Å². The van der Waals surface area contributed by atoms with Crippen molar-refractivity contribution in [3.05, 3.63) is 192 Å². The zero-order chi connectivity index (χ0) is 80.0. The molecule has 7 amide bonds. The number of imide groups is 3. The van der Waals surface area contributed by atoms with E-state index in [-0.39, 0.29) is 147 Å². The van der Waals surface area contributed by atoms with Crippen molar-refractivity contribution in [3.8, 4) is 0 Å². The van der Waals surface area contributed by atoms with Gasteiger partial charge in [-0.25, -0.2) is 18.6 Å². The number of cyclic esters (lactones) is 2. The first-order valence-corrected chi connectivity index (χ1v) is 35.9. The van der Waals surface area contributed by atoms with Crippen LogP contribution in [0.3, 0.4) is 0 Å². The normalized spacial score (nSPS) is 13.0. The number of nitro benzene ring substituents is 3. The summed E-state index contributed by atoms with van der Waals surface area (Å²) in [6.45, 7) is 7.30. The number of carbonyl (C=O) groups is 13. The number of unbranched alkanes of at least 4 members (excludes halogenated alkanes) is 1. The van der Waals surface area contributed by atoms with Crippen LogP contribution in [0.25, 0.3) is 0 Å². The summed E-state index contributed by atoms with van der Waals surface area (Å²) >= 11 is 5.16. The Bertz CT molecular complexity index is 3790. The number of esters is 2. The van der Waals surface area contributed by atoms with Crippen LogP contribution >= 0.6 is 33.0 Å². The van der Waals surface area contributed by atoms with Gasteiger partial charge in [-0.1, -0.05) is 86.1 Å². The molecule has 33 nitrogen and oxygen atoms in total. The molecule has 5 heterocycles. The number of nitro groups is 3. The van der Waals surface area contributed by atoms with Gasteiger partial charge in [0.25, 0.3) is 17.1 Å². The minimum atomic E-state index is -1.67. The van der Waals surface area contributed by atoms with Gasteiger partial charge in [-0.2, -0.15) is 6.42 Å². The number of ether oxygens (including phenoxy) is 3. The number of Topliss-reactive ketones (excluding diaryl/α,β-unsaturated/α-hetero) is 1. The second kappa shape index (κ2) is 55.7. The van der Waals surface area contributed by atoms with Crippen molar-refractivity contribution < 1.29 is 143 Å². The van der Waals surface area contributed by atoms with Crippen LogP contribution in [0, 0.1) is 37.3 Å². The Morgan fingerprint density at radius 3 is 1.06 bits per heavy atom. The smallest absolute Gasteiger partial charge is 1.00 e. The minimum absolute atomic E-state index is 0. The van der Waals surface area contributed by atoms with Crippen molar-refractivity contribution in [3.63, 3.8) is 0 Å². The number of benzene rings is 5. The number of aryl methyl sites for hydroxylation is 5. The molecule has 0 saturated carbocycles. The SMILES string of the molecule is O=C(CCc1ccc([N+](=O)[O-])cc1)N1CCC1=O.O=C(Cl)CCc1ccc([N+](=O)[O-])cc1.O=C(O)CCc1ccc([N+](=O)[O-])cc1.O=C(O)COCC(=O)Cc1ccc(CCC(=O)N2CCC2=O)cc1.O=C1CCN1.O=C1COCC(=O)O1.O=S(Cl)Cl.[CH2-]CCC.[Cl-].[Li+].[NH3+]c1ccc(CCC(=O)N2CCC2=O)cc1. The Morgan fingerprint density at radius 1 is 0.541 bits per heavy atom. The summed E-state index contributed by atoms with van der Waals surface area (Å²) in [5.74, 6) is -3.88. The maximum absolute atomic E-state index is 11.8. The minimum Gasteiger partial charge on any atom is -1.00 e. The molecular weight excluding hydrogens is 1530 g/mol. The molecule has 0 bridgehead atoms. The summed E-state index contributed by atoms with van der Waals surface area (Å²) in [7, 11) is 7.36. The Labute approximate surface area is 660 Å². The third-order valence-electron chi connectivity index (χ3n) is 14.6. The zero-order valence-electron chi connectivity index (χ0n) is 59.5. The predicted molar refractivity (Wildman–Crippen MR) is 386 cm³/mol. The predicted octanol–water partition coefficient (Wildman–Crippen LogP) is 1.30. The second-order valence-electron chi connectivity index (χ2n) is 22.8. The molecule has 0 aromatic heterocycles. The molecule has 5 aliphatic heterocycles. The van der Waals surface area contributed by atoms with Crippen molar-refractivity contribution >= 4 is 141 Å². The number of ketones is 1. The Hall–Kier alpha value is -9.60. The van der Waals surface area contributed by atoms with Crippen LogP contribution in [-0.4, -0.2) is 173 Å². The van der Waals surface area contributed by atoms with E-state index in [4.69, 9.17) is 30.8 Å². The summed E-state index contributed by atoms with van der Waals surface area (Å²) in [6, 6.07) is 33.1. The standard InChI is InChI=1S/C17H19NO6.C12H12N2O4.C12H14N2O2.C9H8ClNO3.C9H9NO4.C4H4O4.C4H9.C3H5NO.Cl2OS.ClH.Li/c19-14(10-24-11-17(22)23)9-13-3-1-12(2-4-13)5-6-15(20)18-8-7-16(18)21;15-11(13-8-7-12(13)16)6-3-9-1-4-10(5-2-9)14(17)18;13-10-4-1-9(2-5-10)3-6-11(15)14-8-7-12(14)16;10-9(12)6-3-7-1-4-8(5-2-7)11(13)14;11-9(12)6-3-7-1-4-8(5-2-7)10(13)14;5-3-1-7-2-4(6)8-3;1-3-4-2;5-3-1-2-4-3;1-4(2)3;;/h1-4H,5-11H2,(H,22,23);1-2,4-5H,3,6-8H2;1-2,4-5H,3,6-8,13H2;1-2,4-5H,3,6H2;1-2,4-5H,3,6H2,(H,11,12);1-2H2;1,3-4H2,2H3;1-2H2,(H,4,5);;1H;/q;;;;;;-1;;;;+1. The zero-order valence-corrected chi connectivity index (χ0v) is 63.4. The average Bonchev–Trinajstić information content (AvgIpc) is 0.853. The van der Waals surface area contributed by atoms with Gasteiger partial charge in [0.15, 0.2) is 5.78 Å². The van der Waals surface area contributed by atoms with Crippen LogP contribution in [0.15, 0.2) is 121 Å². The van der Waals surface area contributed by atoms with E-state index < -0.39 is 59.7 Å². The first-order valence-electron chi connectivity index (χ1n) is 32.7. The maximum Gasteiger partial charge on any atom is 1.00 e. The van der Waals surface area contributed by atoms with Crippen molar-refractivity contribution in [2.45, 2.75) is 116 Å². The van der Waals surface area contributed by atoms with Crippen molar-refractivity contribution in [1.82, 2.24) is 20.0 Å². The van der Waals surface area contributed by atoms with Crippen LogP contribution in [0.2, 0.25) is 0 Å². The first-order chi connectivity index (χ1) is 50.7. The molecule has 10 rings (SSSR count). The molecule has 39 heteroatoms. The van der Waals surface area contributed by atoms with E-state index in [0.29, 0.717) is 77.4 Å². The fraction of sp³-hybridized carbons (Fsp3) is 0.371. The van der Waals surface area contributed by atoms with E-state index in [0.717, 1.165) is 58.5 Å². The van der Waals surface area contributed by atoms with Crippen LogP contribution < -0.4 is 42.3 Å². The van der Waals surface area contributed by atoms with E-state index in [1.54, 1.807) is 48.5 Å². The van der Waals surface area contributed by atoms with Gasteiger partial charge in [-0.05, 0) is 89.2 Å². The fourth-order valence-corrected chi connectivity index (χ4v) is 8.53. The van der Waals surface area contributed by atoms with Gasteiger partial charge >= 0.3 is 42.7 Å². The molecule has 5 saturated heterocycles. The van der Waals surface area contributed by atoms with Crippen LogP contribution in [0.4, 0.5) is 22.7 Å². The summed E-state index contributed by atoms with van der Waals surface area (Å²) in [6.07, 6.45) is 8.45. The molecule has 0 atom stereocenters. The number of likely N-dealkylation sites (tertiary alicyclic amines) is 3. The number of quaternary nitrogens is 1. The molecule has 5 aliphatic rings. The van der Waals surface area contributed by atoms with Gasteiger partial charge in [-0.3, -0.25) is 93.0 Å². The molecule has 586 valence electrons. The van der Waals surface area contributed by atoms with Gasteiger partial charge in [-0.15, -0.1) is 0 Å².